The topological polar surface area (TPSA) is 80.1 Å². The first-order chi connectivity index (χ1) is 13.4. The predicted molar refractivity (Wildman–Crippen MR) is 112 cm³/mol. The zero-order chi connectivity index (χ0) is 20.1. The molecule has 0 radical (unpaired) electrons. The molecule has 0 saturated carbocycles. The molecular weight excluding hydrogens is 394 g/mol. The van der Waals surface area contributed by atoms with E-state index in [9.17, 15) is 9.59 Å². The Balaban J connectivity index is 1.53. The Morgan fingerprint density at radius 2 is 1.93 bits per heavy atom. The van der Waals surface area contributed by atoms with Crippen LogP contribution >= 0.6 is 23.1 Å². The first kappa shape index (κ1) is 20.1. The first-order valence-corrected chi connectivity index (χ1v) is 10.5. The van der Waals surface area contributed by atoms with Gasteiger partial charge in [-0.3, -0.25) is 9.59 Å². The van der Waals surface area contributed by atoms with Crippen LogP contribution < -0.4 is 5.32 Å². The lowest BCUT2D eigenvalue weighted by molar-refractivity contribution is -0.113. The third-order valence-corrected chi connectivity index (χ3v) is 5.89. The van der Waals surface area contributed by atoms with Gasteiger partial charge in [-0.2, -0.15) is 0 Å². The molecule has 7 nitrogen and oxygen atoms in total. The van der Waals surface area contributed by atoms with Crippen molar-refractivity contribution in [2.75, 3.05) is 25.2 Å². The average Bonchev–Trinajstić information content (AvgIpc) is 3.31. The average molecular weight is 416 g/mol. The zero-order valence-electron chi connectivity index (χ0n) is 15.9. The molecule has 3 rings (SSSR count). The van der Waals surface area contributed by atoms with Crippen LogP contribution in [0.4, 0.5) is 5.69 Å². The molecule has 0 saturated heterocycles. The summed E-state index contributed by atoms with van der Waals surface area (Å²) in [4.78, 5) is 26.9. The maximum Gasteiger partial charge on any atom is 0.253 e. The molecule has 2 heterocycles. The molecule has 0 bridgehead atoms. The summed E-state index contributed by atoms with van der Waals surface area (Å²) >= 11 is 3.02. The molecule has 0 aliphatic rings. The first-order valence-electron chi connectivity index (χ1n) is 8.59. The third-order valence-electron chi connectivity index (χ3n) is 3.99. The fraction of sp³-hybridized carbons (Fsp3) is 0.263. The Morgan fingerprint density at radius 1 is 1.18 bits per heavy atom. The number of anilines is 1. The number of carbonyl (C=O) groups is 2. The van der Waals surface area contributed by atoms with Gasteiger partial charge in [0, 0.05) is 43.7 Å². The molecule has 146 valence electrons. The molecule has 3 aromatic rings. The predicted octanol–water partition coefficient (Wildman–Crippen LogP) is 2.90. The zero-order valence-corrected chi connectivity index (χ0v) is 17.5. The minimum absolute atomic E-state index is 0.0749. The van der Waals surface area contributed by atoms with Gasteiger partial charge in [-0.25, -0.2) is 0 Å². The summed E-state index contributed by atoms with van der Waals surface area (Å²) in [6.07, 6.45) is 0.728. The van der Waals surface area contributed by atoms with Crippen molar-refractivity contribution in [2.45, 2.75) is 11.6 Å². The molecule has 0 spiro atoms. The summed E-state index contributed by atoms with van der Waals surface area (Å²) in [6, 6.07) is 10.9. The molecule has 9 heteroatoms. The summed E-state index contributed by atoms with van der Waals surface area (Å²) in [5.41, 5.74) is 1.23. The summed E-state index contributed by atoms with van der Waals surface area (Å²) in [6.45, 7) is 0. The van der Waals surface area contributed by atoms with Crippen LogP contribution in [-0.4, -0.2) is 51.3 Å². The highest BCUT2D eigenvalue weighted by molar-refractivity contribution is 7.99. The number of thiophene rings is 1. The molecule has 1 N–H and O–H groups in total. The van der Waals surface area contributed by atoms with E-state index in [1.54, 1.807) is 49.7 Å². The van der Waals surface area contributed by atoms with E-state index in [0.717, 1.165) is 12.2 Å². The van der Waals surface area contributed by atoms with Gasteiger partial charge < -0.3 is 14.8 Å². The maximum atomic E-state index is 12.2. The van der Waals surface area contributed by atoms with Gasteiger partial charge in [0.05, 0.1) is 5.75 Å². The smallest absolute Gasteiger partial charge is 0.253 e. The molecule has 1 aromatic carbocycles. The number of aromatic nitrogens is 3. The Bertz CT molecular complexity index is 949. The standard InChI is InChI=1S/C19H21N5O2S2/c1-23(2)18(26)13-6-8-14(9-7-13)20-17(25)12-28-19-22-21-16(24(19)3)11-15-5-4-10-27-15/h4-10H,11-12H2,1-3H3,(H,20,25). The van der Waals surface area contributed by atoms with Crippen molar-refractivity contribution in [3.8, 4) is 0 Å². The van der Waals surface area contributed by atoms with E-state index in [-0.39, 0.29) is 17.6 Å². The van der Waals surface area contributed by atoms with Gasteiger partial charge in [-0.15, -0.1) is 21.5 Å². The van der Waals surface area contributed by atoms with E-state index in [1.165, 1.54) is 21.5 Å². The van der Waals surface area contributed by atoms with Crippen molar-refractivity contribution in [1.29, 1.82) is 0 Å². The van der Waals surface area contributed by atoms with Crippen molar-refractivity contribution < 1.29 is 9.59 Å². The molecule has 0 atom stereocenters. The van der Waals surface area contributed by atoms with E-state index in [2.05, 4.69) is 21.6 Å². The summed E-state index contributed by atoms with van der Waals surface area (Å²) in [5, 5.41) is 14.0. The van der Waals surface area contributed by atoms with Crippen LogP contribution in [0.1, 0.15) is 21.1 Å². The molecule has 0 fully saturated rings. The fourth-order valence-corrected chi connectivity index (χ4v) is 3.91. The number of rotatable bonds is 7. The molecule has 28 heavy (non-hydrogen) atoms. The Labute approximate surface area is 171 Å². The molecule has 0 aliphatic carbocycles. The highest BCUT2D eigenvalue weighted by Gasteiger charge is 2.13. The van der Waals surface area contributed by atoms with Gasteiger partial charge in [0.15, 0.2) is 5.16 Å². The third kappa shape index (κ3) is 4.99. The highest BCUT2D eigenvalue weighted by Crippen LogP contribution is 2.19. The fourth-order valence-electron chi connectivity index (χ4n) is 2.48. The van der Waals surface area contributed by atoms with Crippen molar-refractivity contribution in [3.05, 3.63) is 58.0 Å². The monoisotopic (exact) mass is 415 g/mol. The molecule has 2 amide bonds. The van der Waals surface area contributed by atoms with Gasteiger partial charge in [0.2, 0.25) is 5.91 Å². The van der Waals surface area contributed by atoms with Crippen LogP contribution in [0.2, 0.25) is 0 Å². The van der Waals surface area contributed by atoms with E-state index in [0.29, 0.717) is 16.4 Å². The number of nitrogens with one attached hydrogen (secondary N) is 1. The summed E-state index contributed by atoms with van der Waals surface area (Å²) in [7, 11) is 5.31. The van der Waals surface area contributed by atoms with E-state index >= 15 is 0 Å². The van der Waals surface area contributed by atoms with E-state index in [1.807, 2.05) is 23.1 Å². The Kier molecular flexibility index (Phi) is 6.48. The second kappa shape index (κ2) is 9.03. The van der Waals surface area contributed by atoms with Gasteiger partial charge >= 0.3 is 0 Å². The minimum atomic E-state index is -0.139. The van der Waals surface area contributed by atoms with E-state index in [4.69, 9.17) is 0 Å². The second-order valence-electron chi connectivity index (χ2n) is 6.33. The Hall–Kier alpha value is -2.65. The quantitative estimate of drug-likeness (QED) is 0.600. The van der Waals surface area contributed by atoms with Crippen LogP contribution in [0, 0.1) is 0 Å². The van der Waals surface area contributed by atoms with Gasteiger partial charge in [-0.1, -0.05) is 17.8 Å². The van der Waals surface area contributed by atoms with Gasteiger partial charge in [-0.05, 0) is 35.7 Å². The second-order valence-corrected chi connectivity index (χ2v) is 8.30. The number of benzene rings is 1. The van der Waals surface area contributed by atoms with Crippen LogP contribution in [0.15, 0.2) is 46.9 Å². The van der Waals surface area contributed by atoms with Crippen molar-refractivity contribution in [2.24, 2.45) is 7.05 Å². The minimum Gasteiger partial charge on any atom is -0.345 e. The lowest BCUT2D eigenvalue weighted by Crippen LogP contribution is -2.21. The number of hydrogen-bond donors (Lipinski definition) is 1. The molecular formula is C19H21N5O2S2. The van der Waals surface area contributed by atoms with E-state index < -0.39 is 0 Å². The number of nitrogens with zero attached hydrogens (tertiary/aromatic N) is 4. The van der Waals surface area contributed by atoms with Crippen LogP contribution in [0.5, 0.6) is 0 Å². The van der Waals surface area contributed by atoms with Crippen molar-refractivity contribution >= 4 is 40.6 Å². The molecule has 0 unspecified atom stereocenters. The van der Waals surface area contributed by atoms with Crippen molar-refractivity contribution in [1.82, 2.24) is 19.7 Å². The summed E-state index contributed by atoms with van der Waals surface area (Å²) in [5.74, 6) is 0.878. The molecule has 0 aliphatic heterocycles. The van der Waals surface area contributed by atoms with Crippen LogP contribution in [-0.2, 0) is 18.3 Å². The SMILES string of the molecule is CN(C)C(=O)c1ccc(NC(=O)CSc2nnc(Cc3cccs3)n2C)cc1. The number of amides is 2. The van der Waals surface area contributed by atoms with Gasteiger partial charge in [0.25, 0.3) is 5.91 Å². The largest absolute Gasteiger partial charge is 0.345 e. The maximum absolute atomic E-state index is 12.2. The van der Waals surface area contributed by atoms with Crippen LogP contribution in [0.25, 0.3) is 0 Å². The lowest BCUT2D eigenvalue weighted by atomic mass is 10.2. The normalized spacial score (nSPS) is 10.7. The van der Waals surface area contributed by atoms with Crippen molar-refractivity contribution in [3.63, 3.8) is 0 Å². The number of hydrogen-bond acceptors (Lipinski definition) is 6. The molecule has 2 aromatic heterocycles. The summed E-state index contributed by atoms with van der Waals surface area (Å²) < 4.78 is 1.92. The number of thioether (sulfide) groups is 1. The lowest BCUT2D eigenvalue weighted by Gasteiger charge is -2.11. The van der Waals surface area contributed by atoms with Crippen LogP contribution in [0.3, 0.4) is 0 Å². The number of carbonyl (C=O) groups excluding carboxylic acids is 2. The Morgan fingerprint density at radius 3 is 2.57 bits per heavy atom. The highest BCUT2D eigenvalue weighted by atomic mass is 32.2. The van der Waals surface area contributed by atoms with Gasteiger partial charge in [0.1, 0.15) is 5.82 Å².